The van der Waals surface area contributed by atoms with Gasteiger partial charge in [0.2, 0.25) is 6.29 Å². The largest absolute Gasteiger partial charge is 0.507 e. The summed E-state index contributed by atoms with van der Waals surface area (Å²) in [6.07, 6.45) is -26.3. The van der Waals surface area contributed by atoms with Crippen molar-refractivity contribution in [2.24, 2.45) is 5.92 Å². The maximum Gasteiger partial charge on any atom is 0.202 e. The van der Waals surface area contributed by atoms with E-state index in [1.54, 1.807) is 33.8 Å². The molecule has 0 amide bonds. The molecule has 0 radical (unpaired) electrons. The van der Waals surface area contributed by atoms with Crippen LogP contribution in [-0.2, 0) is 58.6 Å². The number of aliphatic hydroxyl groups excluding tert-OH is 8. The lowest BCUT2D eigenvalue weighted by molar-refractivity contribution is -0.377. The van der Waals surface area contributed by atoms with Crippen LogP contribution in [0.25, 0.3) is 10.8 Å². The van der Waals surface area contributed by atoms with Gasteiger partial charge in [0.15, 0.2) is 42.5 Å². The Kier molecular flexibility index (Phi) is 17.3. The summed E-state index contributed by atoms with van der Waals surface area (Å²) in [7, 11) is 1.25. The van der Waals surface area contributed by atoms with Crippen LogP contribution in [0.15, 0.2) is 12.1 Å². The molecule has 2 aromatic rings. The normalized spacial score (nSPS) is 42.9. The predicted octanol–water partition coefficient (Wildman–Crippen LogP) is -0.680. The van der Waals surface area contributed by atoms with E-state index in [9.17, 15) is 65.8 Å². The van der Waals surface area contributed by atoms with Crippen LogP contribution in [-0.4, -0.2) is 216 Å². The van der Waals surface area contributed by atoms with Gasteiger partial charge in [-0.15, -0.1) is 0 Å². The van der Waals surface area contributed by atoms with Crippen LogP contribution in [0.5, 0.6) is 17.2 Å². The molecular formula is C50H72O24. The van der Waals surface area contributed by atoms with Gasteiger partial charge in [0.05, 0.1) is 72.0 Å². The minimum atomic E-state index is -2.15. The van der Waals surface area contributed by atoms with Crippen LogP contribution in [0.1, 0.15) is 95.1 Å². The Labute approximate surface area is 426 Å². The molecular weight excluding hydrogens is 985 g/mol. The second kappa shape index (κ2) is 22.6. The lowest BCUT2D eigenvalue weighted by Gasteiger charge is -2.46. The van der Waals surface area contributed by atoms with Crippen LogP contribution < -0.4 is 4.74 Å². The van der Waals surface area contributed by atoms with E-state index in [1.807, 2.05) is 0 Å². The molecule has 1 aliphatic carbocycles. The number of carbonyl (C=O) groups is 2. The molecule has 0 unspecified atom stereocenters. The molecule has 24 nitrogen and oxygen atoms in total. The highest BCUT2D eigenvalue weighted by Gasteiger charge is 2.51. The number of fused-ring (bicyclic) bond motifs is 2. The van der Waals surface area contributed by atoms with Gasteiger partial charge in [-0.25, -0.2) is 0 Å². The number of methoxy groups -OCH3 is 1. The Hall–Kier alpha value is -3.32. The standard InChI is InChI=1S/C50H72O24/c1-17-28(69-33-14-29(42(57)20(4)66-33)70-32-12-26(52)41(56)19(3)65-32)11-24-9-23-10-25(47(64-8)40(55)18(2)51)48(46(61)38(23)45(60)37(24)39(17)54)73-35-16-30(43(58)22(6)68-35)71-34-15-31(44(59)21(5)67-34)72-36-13-27(53)49(62)50(7,63)74-36/h9,11,19-22,25-27,29-36,40-44,47-49,52-60,62-63H,10,12-16H2,1-8H3/t19-,20-,21-,22-,25+,26-,27-,29-,30-,31-,32+,33+,34+,35+,36-,40+,41-,42-,43-,44+,47+,48+,49+,50-/m1/s1. The first kappa shape index (κ1) is 56.9. The van der Waals surface area contributed by atoms with Gasteiger partial charge in [-0.1, -0.05) is 0 Å². The minimum absolute atomic E-state index is 0.0234. The number of rotatable bonds is 14. The average Bonchev–Trinajstić information content (AvgIpc) is 3.32. The highest BCUT2D eigenvalue weighted by atomic mass is 16.8. The minimum Gasteiger partial charge on any atom is -0.507 e. The Bertz CT molecular complexity index is 2300. The number of aliphatic hydroxyl groups is 9. The van der Waals surface area contributed by atoms with Crippen molar-refractivity contribution >= 4 is 22.3 Å². The quantitative estimate of drug-likeness (QED) is 0.112. The number of phenolic OH excluding ortho intramolecular Hbond substituents is 2. The molecule has 11 N–H and O–H groups in total. The molecule has 2 aromatic carbocycles. The Morgan fingerprint density at radius 2 is 1.18 bits per heavy atom. The van der Waals surface area contributed by atoms with E-state index in [2.05, 4.69) is 0 Å². The highest BCUT2D eigenvalue weighted by Crippen LogP contribution is 2.48. The number of benzene rings is 2. The van der Waals surface area contributed by atoms with Crippen LogP contribution in [0.4, 0.5) is 0 Å². The highest BCUT2D eigenvalue weighted by molar-refractivity contribution is 6.11. The zero-order valence-corrected chi connectivity index (χ0v) is 42.4. The van der Waals surface area contributed by atoms with E-state index < -0.39 is 170 Å². The van der Waals surface area contributed by atoms with Gasteiger partial charge >= 0.3 is 0 Å². The van der Waals surface area contributed by atoms with Crippen molar-refractivity contribution < 1.29 is 118 Å². The molecule has 24 atom stereocenters. The number of Topliss-reactive ketones (excluding diaryl/α,β-unsaturated/α-hetero) is 2. The van der Waals surface area contributed by atoms with Crippen molar-refractivity contribution in [1.29, 1.82) is 0 Å². The first-order valence-electron chi connectivity index (χ1n) is 25.1. The fourth-order valence-corrected chi connectivity index (χ4v) is 11.0. The molecule has 74 heavy (non-hydrogen) atoms. The van der Waals surface area contributed by atoms with E-state index in [0.29, 0.717) is 0 Å². The summed E-state index contributed by atoms with van der Waals surface area (Å²) in [6.45, 7) is 10.1. The smallest absolute Gasteiger partial charge is 0.202 e. The molecule has 6 aliphatic rings. The molecule has 0 saturated carbocycles. The van der Waals surface area contributed by atoms with Crippen LogP contribution in [0.2, 0.25) is 0 Å². The van der Waals surface area contributed by atoms with E-state index in [-0.39, 0.29) is 71.7 Å². The fraction of sp³-hybridized carbons (Fsp3) is 0.760. The van der Waals surface area contributed by atoms with Gasteiger partial charge in [0.25, 0.3) is 0 Å². The number of phenols is 2. The number of hydrogen-bond acceptors (Lipinski definition) is 24. The molecule has 24 heteroatoms. The Morgan fingerprint density at radius 1 is 0.689 bits per heavy atom. The molecule has 0 aromatic heterocycles. The van der Waals surface area contributed by atoms with Crippen molar-refractivity contribution in [3.05, 3.63) is 28.8 Å². The summed E-state index contributed by atoms with van der Waals surface area (Å²) >= 11 is 0. The number of aromatic hydroxyl groups is 2. The lowest BCUT2D eigenvalue weighted by Crippen LogP contribution is -2.59. The van der Waals surface area contributed by atoms with E-state index in [0.717, 1.165) is 13.8 Å². The van der Waals surface area contributed by atoms with E-state index in [1.165, 1.54) is 20.1 Å². The van der Waals surface area contributed by atoms with Crippen molar-refractivity contribution in [3.8, 4) is 17.2 Å². The number of carbonyl (C=O) groups excluding carboxylic acids is 2. The van der Waals surface area contributed by atoms with Crippen LogP contribution in [0.3, 0.4) is 0 Å². The first-order chi connectivity index (χ1) is 34.8. The molecule has 5 heterocycles. The molecule has 416 valence electrons. The van der Waals surface area contributed by atoms with Crippen molar-refractivity contribution in [2.45, 2.75) is 228 Å². The van der Waals surface area contributed by atoms with Gasteiger partial charge < -0.3 is 108 Å². The summed E-state index contributed by atoms with van der Waals surface area (Å²) < 4.78 is 65.9. The summed E-state index contributed by atoms with van der Waals surface area (Å²) in [5.41, 5.74) is 0.176. The van der Waals surface area contributed by atoms with Crippen molar-refractivity contribution in [3.63, 3.8) is 0 Å². The average molecular weight is 1060 g/mol. The second-order valence-electron chi connectivity index (χ2n) is 20.8. The zero-order chi connectivity index (χ0) is 54.0. The molecule has 0 bridgehead atoms. The summed E-state index contributed by atoms with van der Waals surface area (Å²) in [4.78, 5) is 27.6. The third-order valence-electron chi connectivity index (χ3n) is 15.3. The SMILES string of the molecule is CO[C@@H]([C@@H]1Cc2cc3cc(O[C@H]4C[C@@H](O[C@H]5C[C@@H](O)[C@H](O)[C@@H](C)O5)[C@H](O)[C@@H](C)O4)c(C)c(O)c3c(O)c2C(=O)[C@H]1O[C@H]1C[C@@H](O[C@H]2C[C@@H](O[C@H]3C[C@@H](O)[C@H](O)[C@](C)(O)O3)[C@@H](O)[C@@H](C)O2)[C@H](O)[C@@H](C)O1)[C@@H](O)C(C)=O. The van der Waals surface area contributed by atoms with Crippen molar-refractivity contribution in [1.82, 2.24) is 0 Å². The van der Waals surface area contributed by atoms with E-state index in [4.69, 9.17) is 52.1 Å². The summed E-state index contributed by atoms with van der Waals surface area (Å²) in [5, 5.41) is 120. The first-order valence-corrected chi connectivity index (χ1v) is 25.1. The van der Waals surface area contributed by atoms with E-state index >= 15 is 0 Å². The van der Waals surface area contributed by atoms with Gasteiger partial charge in [-0.3, -0.25) is 9.59 Å². The molecule has 5 fully saturated rings. The van der Waals surface area contributed by atoms with Crippen molar-refractivity contribution in [2.75, 3.05) is 7.11 Å². The fourth-order valence-electron chi connectivity index (χ4n) is 11.0. The topological polar surface area (TPSA) is 358 Å². The third-order valence-corrected chi connectivity index (χ3v) is 15.3. The number of ether oxygens (including phenoxy) is 11. The zero-order valence-electron chi connectivity index (χ0n) is 42.4. The number of ketones is 2. The summed E-state index contributed by atoms with van der Waals surface area (Å²) in [6, 6.07) is 3.08. The molecule has 5 aliphatic heterocycles. The lowest BCUT2D eigenvalue weighted by atomic mass is 9.75. The predicted molar refractivity (Wildman–Crippen MR) is 249 cm³/mol. The Balaban J connectivity index is 1.03. The molecule has 8 rings (SSSR count). The Morgan fingerprint density at radius 3 is 1.70 bits per heavy atom. The second-order valence-corrected chi connectivity index (χ2v) is 20.8. The maximum absolute atomic E-state index is 14.9. The van der Waals surface area contributed by atoms with Gasteiger partial charge in [0, 0.05) is 50.7 Å². The van der Waals surface area contributed by atoms with Crippen LogP contribution >= 0.6 is 0 Å². The summed E-state index contributed by atoms with van der Waals surface area (Å²) in [5.74, 6) is -5.65. The molecule has 5 saturated heterocycles. The van der Waals surface area contributed by atoms with Gasteiger partial charge in [-0.2, -0.15) is 0 Å². The van der Waals surface area contributed by atoms with Gasteiger partial charge in [-0.05, 0) is 78.0 Å². The monoisotopic (exact) mass is 1060 g/mol. The van der Waals surface area contributed by atoms with Gasteiger partial charge in [0.1, 0.15) is 60.0 Å². The number of hydrogen-bond donors (Lipinski definition) is 11. The maximum atomic E-state index is 14.9. The molecule has 0 spiro atoms. The van der Waals surface area contributed by atoms with Crippen LogP contribution in [0, 0.1) is 12.8 Å². The third kappa shape index (κ3) is 11.5.